The third-order valence-electron chi connectivity index (χ3n) is 3.23. The van der Waals surface area contributed by atoms with Crippen molar-refractivity contribution in [3.8, 4) is 0 Å². The third-order valence-corrected chi connectivity index (χ3v) is 3.23. The van der Waals surface area contributed by atoms with Crippen molar-refractivity contribution in [2.75, 3.05) is 5.73 Å². The van der Waals surface area contributed by atoms with Gasteiger partial charge >= 0.3 is 0 Å². The van der Waals surface area contributed by atoms with E-state index in [1.165, 1.54) is 0 Å². The molecule has 0 amide bonds. The fourth-order valence-corrected chi connectivity index (χ4v) is 2.26. The molecular weight excluding hydrogens is 270 g/mol. The zero-order valence-electron chi connectivity index (χ0n) is 16.9. The summed E-state index contributed by atoms with van der Waals surface area (Å²) in [5.74, 6) is -2.25. The number of carbonyl (C=O) groups is 2. The second-order valence-electron chi connectivity index (χ2n) is 4.58. The van der Waals surface area contributed by atoms with Gasteiger partial charge in [-0.2, -0.15) is 0 Å². The van der Waals surface area contributed by atoms with E-state index in [1.54, 1.807) is 0 Å². The molecule has 0 aliphatic heterocycles. The first-order valence-corrected chi connectivity index (χ1v) is 6.11. The van der Waals surface area contributed by atoms with E-state index >= 15 is 0 Å². The Labute approximate surface area is 129 Å². The average Bonchev–Trinajstić information content (AvgIpc) is 2.57. The van der Waals surface area contributed by atoms with Gasteiger partial charge in [-0.3, -0.25) is 19.0 Å². The normalized spacial score (nSPS) is 29.1. The van der Waals surface area contributed by atoms with Crippen LogP contribution < -0.4 is 11.3 Å². The van der Waals surface area contributed by atoms with Crippen LogP contribution in [0.3, 0.4) is 0 Å². The lowest BCUT2D eigenvalue weighted by atomic mass is 9.92. The van der Waals surface area contributed by atoms with Crippen LogP contribution in [-0.4, -0.2) is 21.1 Å². The van der Waals surface area contributed by atoms with Crippen molar-refractivity contribution in [3.63, 3.8) is 0 Å². The number of anilines is 1. The number of nitrogens with zero attached hydrogens (tertiary/aromatic N) is 2. The molecule has 0 saturated heterocycles. The number of rotatable bonds is 1. The van der Waals surface area contributed by atoms with E-state index in [-0.39, 0.29) is 28.5 Å². The molecule has 1 saturated carbocycles. The summed E-state index contributed by atoms with van der Waals surface area (Å²) in [5, 5.41) is -0.287. The first kappa shape index (κ1) is 8.07. The fourth-order valence-electron chi connectivity index (χ4n) is 2.26. The summed E-state index contributed by atoms with van der Waals surface area (Å²) in [6, 6.07) is -2.05. The average molecular weight is 291 g/mol. The van der Waals surface area contributed by atoms with Crippen molar-refractivity contribution >= 4 is 28.2 Å². The first-order chi connectivity index (χ1) is 12.4. The highest BCUT2D eigenvalue weighted by atomic mass is 16.2. The summed E-state index contributed by atoms with van der Waals surface area (Å²) in [5.41, 5.74) is 4.39. The van der Waals surface area contributed by atoms with Crippen LogP contribution in [0.2, 0.25) is 0 Å². The Hall–Kier alpha value is -2.50. The monoisotopic (exact) mass is 291 g/mol. The Morgan fingerprint density at radius 3 is 3.14 bits per heavy atom. The summed E-state index contributed by atoms with van der Waals surface area (Å²) in [4.78, 5) is 41.3. The second kappa shape index (κ2) is 4.80. The molecule has 0 radical (unpaired) electrons. The molecule has 1 aliphatic carbocycles. The van der Waals surface area contributed by atoms with Crippen LogP contribution in [0.15, 0.2) is 22.9 Å². The lowest BCUT2D eigenvalue weighted by Gasteiger charge is -2.24. The van der Waals surface area contributed by atoms with Gasteiger partial charge in [0, 0.05) is 16.2 Å². The predicted octanol–water partition coefficient (Wildman–Crippen LogP) is 1.15. The lowest BCUT2D eigenvalue weighted by molar-refractivity contribution is -0.132. The zero-order chi connectivity index (χ0) is 20.3. The largest absolute Gasteiger partial charge is 0.398 e. The number of benzene rings is 1. The number of aromatic nitrogens is 2. The molecule has 1 heterocycles. The number of hydrogen-bond acceptors (Lipinski definition) is 5. The molecular formula is C15H15N3O3. The number of nitrogen functional groups attached to an aromatic ring is 1. The molecule has 1 unspecified atom stereocenters. The molecule has 6 heteroatoms. The van der Waals surface area contributed by atoms with Crippen molar-refractivity contribution in [2.24, 2.45) is 0 Å². The number of Topliss-reactive ketones (excluding diaryl/α,β-unsaturated/α-hetero) is 2. The molecule has 3 rings (SSSR count). The van der Waals surface area contributed by atoms with Gasteiger partial charge in [0.05, 0.1) is 27.5 Å². The number of ketones is 2. The minimum absolute atomic E-state index is 0.0528. The summed E-state index contributed by atoms with van der Waals surface area (Å²) in [6.45, 7) is -0.605. The molecule has 2 N–H and O–H groups in total. The number of fused-ring (bicyclic) bond motifs is 1. The molecule has 1 aliphatic rings. The second-order valence-corrected chi connectivity index (χ2v) is 4.58. The van der Waals surface area contributed by atoms with Crippen LogP contribution >= 0.6 is 0 Å². The standard InChI is InChI=1S/C15H15N3O3/c1-8-17-11-4-2-3-10(16)14(11)15(21)18(8)12-6-5-9(19)7-13(12)20/h2-4,12H,5-7,16H2,1H3/i1D,2D,3D,5D2,12D. The molecule has 0 bridgehead atoms. The highest BCUT2D eigenvalue weighted by Crippen LogP contribution is 2.24. The van der Waals surface area contributed by atoms with Crippen molar-refractivity contribution in [1.29, 1.82) is 0 Å². The lowest BCUT2D eigenvalue weighted by Crippen LogP contribution is -2.36. The SMILES string of the molecule is [2H]Cc1nc2cc([2H])c([2H])c(N)c2c(=O)n1C1([2H])CC([2H])([2H])C(=O)CC1=O. The third kappa shape index (κ3) is 2.12. The summed E-state index contributed by atoms with van der Waals surface area (Å²) in [6.07, 6.45) is -4.26. The van der Waals surface area contributed by atoms with E-state index in [9.17, 15) is 14.4 Å². The van der Waals surface area contributed by atoms with Crippen LogP contribution in [0.1, 0.15) is 39.3 Å². The molecule has 108 valence electrons. The Morgan fingerprint density at radius 1 is 1.57 bits per heavy atom. The van der Waals surface area contributed by atoms with E-state index in [2.05, 4.69) is 4.98 Å². The molecule has 1 fully saturated rings. The van der Waals surface area contributed by atoms with Crippen molar-refractivity contribution in [3.05, 3.63) is 34.3 Å². The van der Waals surface area contributed by atoms with Crippen LogP contribution in [0.25, 0.3) is 10.9 Å². The Bertz CT molecular complexity index is 1070. The van der Waals surface area contributed by atoms with Gasteiger partial charge in [0.1, 0.15) is 11.6 Å². The van der Waals surface area contributed by atoms with Gasteiger partial charge in [0.25, 0.3) is 5.56 Å². The van der Waals surface area contributed by atoms with Crippen LogP contribution in [0.4, 0.5) is 5.69 Å². The number of nitrogens with two attached hydrogens (primary N) is 1. The summed E-state index contributed by atoms with van der Waals surface area (Å²) >= 11 is 0. The molecule has 1 aromatic heterocycles. The van der Waals surface area contributed by atoms with E-state index in [0.717, 1.165) is 6.07 Å². The maximum absolute atomic E-state index is 13.1. The Balaban J connectivity index is 2.41. The van der Waals surface area contributed by atoms with Gasteiger partial charge in [-0.15, -0.1) is 0 Å². The van der Waals surface area contributed by atoms with Crippen molar-refractivity contribution in [1.82, 2.24) is 9.55 Å². The summed E-state index contributed by atoms with van der Waals surface area (Å²) in [7, 11) is 0. The number of carbonyl (C=O) groups excluding carboxylic acids is 2. The molecule has 0 spiro atoms. The zero-order valence-corrected chi connectivity index (χ0v) is 10.9. The number of aryl methyl sites for hydroxylation is 1. The smallest absolute Gasteiger partial charge is 0.264 e. The van der Waals surface area contributed by atoms with E-state index < -0.39 is 55.3 Å². The molecule has 6 nitrogen and oxygen atoms in total. The van der Waals surface area contributed by atoms with Crippen LogP contribution in [0.5, 0.6) is 0 Å². The first-order valence-electron chi connectivity index (χ1n) is 9.32. The Kier molecular flexibility index (Phi) is 1.84. The van der Waals surface area contributed by atoms with Gasteiger partial charge in [0.2, 0.25) is 0 Å². The molecule has 21 heavy (non-hydrogen) atoms. The fraction of sp³-hybridized carbons (Fsp3) is 0.333. The summed E-state index contributed by atoms with van der Waals surface area (Å²) < 4.78 is 47.7. The minimum atomic E-state index is -2.50. The van der Waals surface area contributed by atoms with Crippen LogP contribution in [0, 0.1) is 6.90 Å². The Morgan fingerprint density at radius 2 is 2.38 bits per heavy atom. The van der Waals surface area contributed by atoms with E-state index in [0.29, 0.717) is 4.57 Å². The van der Waals surface area contributed by atoms with Gasteiger partial charge in [0.15, 0.2) is 5.78 Å². The minimum Gasteiger partial charge on any atom is -0.398 e. The van der Waals surface area contributed by atoms with E-state index in [1.807, 2.05) is 0 Å². The topological polar surface area (TPSA) is 95.0 Å². The quantitative estimate of drug-likeness (QED) is 0.628. The van der Waals surface area contributed by atoms with Crippen molar-refractivity contribution < 1.29 is 17.8 Å². The molecule has 2 aromatic rings. The van der Waals surface area contributed by atoms with Crippen LogP contribution in [-0.2, 0) is 9.59 Å². The molecule has 1 aromatic carbocycles. The maximum Gasteiger partial charge on any atom is 0.264 e. The van der Waals surface area contributed by atoms with E-state index in [4.69, 9.17) is 14.0 Å². The van der Waals surface area contributed by atoms with Gasteiger partial charge in [-0.05, 0) is 25.4 Å². The number of hydrogen-bond donors (Lipinski definition) is 1. The van der Waals surface area contributed by atoms with Gasteiger partial charge in [-0.1, -0.05) is 6.04 Å². The predicted molar refractivity (Wildman–Crippen MR) is 78.1 cm³/mol. The molecule has 1 atom stereocenters. The highest BCUT2D eigenvalue weighted by Gasteiger charge is 2.30. The van der Waals surface area contributed by atoms with Gasteiger partial charge < -0.3 is 5.73 Å². The van der Waals surface area contributed by atoms with Gasteiger partial charge in [-0.25, -0.2) is 4.98 Å². The van der Waals surface area contributed by atoms with Crippen molar-refractivity contribution in [2.45, 2.75) is 32.1 Å². The maximum atomic E-state index is 13.1. The highest BCUT2D eigenvalue weighted by molar-refractivity contribution is 6.03.